The van der Waals surface area contributed by atoms with Gasteiger partial charge in [0, 0.05) is 24.7 Å². The molecule has 0 aromatic heterocycles. The summed E-state index contributed by atoms with van der Waals surface area (Å²) >= 11 is 0. The van der Waals surface area contributed by atoms with Crippen LogP contribution in [0.3, 0.4) is 0 Å². The van der Waals surface area contributed by atoms with E-state index in [1.807, 2.05) is 0 Å². The van der Waals surface area contributed by atoms with Crippen molar-refractivity contribution in [3.63, 3.8) is 0 Å². The molecule has 1 unspecified atom stereocenters. The molecule has 0 spiro atoms. The molecule has 0 bridgehead atoms. The van der Waals surface area contributed by atoms with Crippen LogP contribution in [0.5, 0.6) is 0 Å². The first-order valence-corrected chi connectivity index (χ1v) is 5.39. The normalized spacial score (nSPS) is 20.2. The van der Waals surface area contributed by atoms with Crippen molar-refractivity contribution in [2.75, 3.05) is 13.1 Å². The van der Waals surface area contributed by atoms with E-state index in [0.29, 0.717) is 24.2 Å². The number of nitrogens with zero attached hydrogens (tertiary/aromatic N) is 1. The van der Waals surface area contributed by atoms with Gasteiger partial charge in [0.25, 0.3) is 5.91 Å². The van der Waals surface area contributed by atoms with Gasteiger partial charge in [0.2, 0.25) is 0 Å². The van der Waals surface area contributed by atoms with Crippen molar-refractivity contribution in [1.82, 2.24) is 4.90 Å². The third-order valence-electron chi connectivity index (χ3n) is 2.93. The smallest absolute Gasteiger partial charge is 0.254 e. The molecule has 2 N–H and O–H groups in total. The lowest BCUT2D eigenvalue weighted by Crippen LogP contribution is -2.31. The van der Waals surface area contributed by atoms with Gasteiger partial charge in [-0.3, -0.25) is 4.79 Å². The minimum absolute atomic E-state index is 0.0549. The number of likely N-dealkylation sites (tertiary alicyclic amines) is 1. The molecule has 0 radical (unpaired) electrons. The third-order valence-corrected chi connectivity index (χ3v) is 2.93. The summed E-state index contributed by atoms with van der Waals surface area (Å²) in [7, 11) is 0. The number of carbonyl (C=O) groups is 1. The predicted molar refractivity (Wildman–Crippen MR) is 59.6 cm³/mol. The SMILES string of the molecule is Cc1ccc(C(=O)N2CCC(N)C2)cc1F. The van der Waals surface area contributed by atoms with Gasteiger partial charge >= 0.3 is 0 Å². The van der Waals surface area contributed by atoms with Gasteiger partial charge in [0.05, 0.1) is 0 Å². The average molecular weight is 222 g/mol. The molecule has 2 rings (SSSR count). The maximum atomic E-state index is 13.3. The Bertz CT molecular complexity index is 419. The van der Waals surface area contributed by atoms with Gasteiger partial charge in [-0.25, -0.2) is 4.39 Å². The monoisotopic (exact) mass is 222 g/mol. The molecule has 1 aliphatic heterocycles. The third kappa shape index (κ3) is 2.07. The van der Waals surface area contributed by atoms with E-state index in [9.17, 15) is 9.18 Å². The molecule has 1 aliphatic rings. The summed E-state index contributed by atoms with van der Waals surface area (Å²) in [5, 5.41) is 0. The number of amides is 1. The van der Waals surface area contributed by atoms with E-state index in [2.05, 4.69) is 0 Å². The van der Waals surface area contributed by atoms with Crippen LogP contribution in [0, 0.1) is 12.7 Å². The van der Waals surface area contributed by atoms with Crippen LogP contribution in [0.2, 0.25) is 0 Å². The maximum Gasteiger partial charge on any atom is 0.254 e. The molecule has 1 fully saturated rings. The van der Waals surface area contributed by atoms with E-state index in [1.54, 1.807) is 24.0 Å². The van der Waals surface area contributed by atoms with E-state index in [4.69, 9.17) is 5.73 Å². The van der Waals surface area contributed by atoms with E-state index in [0.717, 1.165) is 6.42 Å². The fourth-order valence-electron chi connectivity index (χ4n) is 1.88. The van der Waals surface area contributed by atoms with Gasteiger partial charge in [-0.15, -0.1) is 0 Å². The van der Waals surface area contributed by atoms with Crippen molar-refractivity contribution in [3.8, 4) is 0 Å². The van der Waals surface area contributed by atoms with Gasteiger partial charge in [0.15, 0.2) is 0 Å². The van der Waals surface area contributed by atoms with E-state index in [-0.39, 0.29) is 17.8 Å². The first kappa shape index (κ1) is 11.1. The van der Waals surface area contributed by atoms with Crippen molar-refractivity contribution in [3.05, 3.63) is 35.1 Å². The predicted octanol–water partition coefficient (Wildman–Crippen LogP) is 1.31. The molecule has 3 nitrogen and oxygen atoms in total. The lowest BCUT2D eigenvalue weighted by molar-refractivity contribution is 0.0790. The zero-order valence-electron chi connectivity index (χ0n) is 9.24. The van der Waals surface area contributed by atoms with Gasteiger partial charge < -0.3 is 10.6 Å². The standard InChI is InChI=1S/C12H15FN2O/c1-8-2-3-9(6-11(8)13)12(16)15-5-4-10(14)7-15/h2-3,6,10H,4-5,7,14H2,1H3. The highest BCUT2D eigenvalue weighted by atomic mass is 19.1. The Morgan fingerprint density at radius 3 is 2.88 bits per heavy atom. The highest BCUT2D eigenvalue weighted by Gasteiger charge is 2.24. The summed E-state index contributed by atoms with van der Waals surface area (Å²) in [5.41, 5.74) is 6.68. The number of benzene rings is 1. The van der Waals surface area contributed by atoms with Crippen LogP contribution in [0.15, 0.2) is 18.2 Å². The fourth-order valence-corrected chi connectivity index (χ4v) is 1.88. The molecule has 1 atom stereocenters. The second kappa shape index (κ2) is 4.22. The Hall–Kier alpha value is -1.42. The molecule has 0 aliphatic carbocycles. The maximum absolute atomic E-state index is 13.3. The zero-order chi connectivity index (χ0) is 11.7. The first-order valence-electron chi connectivity index (χ1n) is 5.39. The number of hydrogen-bond donors (Lipinski definition) is 1. The van der Waals surface area contributed by atoms with Crippen LogP contribution in [-0.4, -0.2) is 29.9 Å². The topological polar surface area (TPSA) is 46.3 Å². The zero-order valence-corrected chi connectivity index (χ0v) is 9.24. The summed E-state index contributed by atoms with van der Waals surface area (Å²) < 4.78 is 13.3. The fraction of sp³-hybridized carbons (Fsp3) is 0.417. The van der Waals surface area contributed by atoms with Gasteiger partial charge in [-0.1, -0.05) is 6.07 Å². The first-order chi connectivity index (χ1) is 7.58. The summed E-state index contributed by atoms with van der Waals surface area (Å²) in [6.45, 7) is 2.90. The molecule has 1 aromatic rings. The molecular weight excluding hydrogens is 207 g/mol. The number of rotatable bonds is 1. The van der Waals surface area contributed by atoms with Crippen molar-refractivity contribution in [1.29, 1.82) is 0 Å². The summed E-state index contributed by atoms with van der Waals surface area (Å²) in [4.78, 5) is 13.6. The Labute approximate surface area is 94.0 Å². The molecule has 1 heterocycles. The number of nitrogens with two attached hydrogens (primary N) is 1. The minimum atomic E-state index is -0.339. The second-order valence-electron chi connectivity index (χ2n) is 4.26. The van der Waals surface area contributed by atoms with Crippen molar-refractivity contribution < 1.29 is 9.18 Å². The summed E-state index contributed by atoms with van der Waals surface area (Å²) in [5.74, 6) is -0.471. The Morgan fingerprint density at radius 1 is 1.56 bits per heavy atom. The highest BCUT2D eigenvalue weighted by molar-refractivity contribution is 5.94. The molecule has 86 valence electrons. The molecule has 1 amide bonds. The number of hydrogen-bond acceptors (Lipinski definition) is 2. The molecule has 4 heteroatoms. The van der Waals surface area contributed by atoms with Crippen LogP contribution in [0.1, 0.15) is 22.3 Å². The number of carbonyl (C=O) groups excluding carboxylic acids is 1. The van der Waals surface area contributed by atoms with E-state index >= 15 is 0 Å². The van der Waals surface area contributed by atoms with E-state index < -0.39 is 0 Å². The second-order valence-corrected chi connectivity index (χ2v) is 4.26. The van der Waals surface area contributed by atoms with Crippen LogP contribution in [0.4, 0.5) is 4.39 Å². The van der Waals surface area contributed by atoms with Crippen molar-refractivity contribution >= 4 is 5.91 Å². The Balaban J connectivity index is 2.18. The summed E-state index contributed by atoms with van der Waals surface area (Å²) in [6, 6.07) is 4.63. The Morgan fingerprint density at radius 2 is 2.31 bits per heavy atom. The van der Waals surface area contributed by atoms with Gasteiger partial charge in [0.1, 0.15) is 5.82 Å². The van der Waals surface area contributed by atoms with E-state index in [1.165, 1.54) is 6.07 Å². The summed E-state index contributed by atoms with van der Waals surface area (Å²) in [6.07, 6.45) is 0.820. The van der Waals surface area contributed by atoms with Crippen LogP contribution >= 0.6 is 0 Å². The lowest BCUT2D eigenvalue weighted by Gasteiger charge is -2.15. The van der Waals surface area contributed by atoms with Crippen molar-refractivity contribution in [2.24, 2.45) is 5.73 Å². The average Bonchev–Trinajstić information content (AvgIpc) is 2.68. The highest BCUT2D eigenvalue weighted by Crippen LogP contribution is 2.15. The largest absolute Gasteiger partial charge is 0.337 e. The Kier molecular flexibility index (Phi) is 2.92. The van der Waals surface area contributed by atoms with Crippen LogP contribution in [0.25, 0.3) is 0 Å². The molecular formula is C12H15FN2O. The van der Waals surface area contributed by atoms with Gasteiger partial charge in [-0.05, 0) is 31.0 Å². The van der Waals surface area contributed by atoms with Gasteiger partial charge in [-0.2, -0.15) is 0 Å². The molecule has 1 saturated heterocycles. The lowest BCUT2D eigenvalue weighted by atomic mass is 10.1. The number of aryl methyl sites for hydroxylation is 1. The molecule has 16 heavy (non-hydrogen) atoms. The van der Waals surface area contributed by atoms with Crippen molar-refractivity contribution in [2.45, 2.75) is 19.4 Å². The number of halogens is 1. The van der Waals surface area contributed by atoms with Crippen LogP contribution < -0.4 is 5.73 Å². The quantitative estimate of drug-likeness (QED) is 0.778. The minimum Gasteiger partial charge on any atom is -0.337 e. The molecule has 1 aromatic carbocycles. The van der Waals surface area contributed by atoms with Crippen LogP contribution in [-0.2, 0) is 0 Å². The molecule has 0 saturated carbocycles.